The summed E-state index contributed by atoms with van der Waals surface area (Å²) < 4.78 is 0. The molecular weight excluding hydrogens is 212 g/mol. The summed E-state index contributed by atoms with van der Waals surface area (Å²) in [6, 6.07) is -0.0436. The first-order chi connectivity index (χ1) is 7.82. The highest BCUT2D eigenvalue weighted by Gasteiger charge is 2.25. The van der Waals surface area contributed by atoms with Gasteiger partial charge >= 0.3 is 0 Å². The number of hydrogen-bond donors (Lipinski definition) is 1. The van der Waals surface area contributed by atoms with Gasteiger partial charge in [0.05, 0.1) is 6.04 Å². The van der Waals surface area contributed by atoms with Crippen LogP contribution >= 0.6 is 0 Å². The first-order valence-electron chi connectivity index (χ1n) is 6.84. The minimum Gasteiger partial charge on any atom is -0.341 e. The van der Waals surface area contributed by atoms with Crippen molar-refractivity contribution < 1.29 is 4.79 Å². The number of amides is 1. The van der Waals surface area contributed by atoms with Crippen molar-refractivity contribution in [3.8, 4) is 0 Å². The molecule has 0 aromatic carbocycles. The summed E-state index contributed by atoms with van der Waals surface area (Å²) in [5, 5.41) is 3.37. The summed E-state index contributed by atoms with van der Waals surface area (Å²) in [5.41, 5.74) is 0.295. The van der Waals surface area contributed by atoms with Crippen LogP contribution in [0.1, 0.15) is 47.5 Å². The minimum absolute atomic E-state index is 0.0436. The second-order valence-corrected chi connectivity index (χ2v) is 6.43. The molecule has 0 aromatic heterocycles. The van der Waals surface area contributed by atoms with Crippen molar-refractivity contribution in [1.82, 2.24) is 10.2 Å². The van der Waals surface area contributed by atoms with Gasteiger partial charge in [-0.05, 0) is 37.6 Å². The quantitative estimate of drug-likeness (QED) is 0.817. The normalized spacial score (nSPS) is 20.4. The first kappa shape index (κ1) is 14.5. The van der Waals surface area contributed by atoms with Crippen LogP contribution in [-0.2, 0) is 4.79 Å². The molecule has 1 fully saturated rings. The van der Waals surface area contributed by atoms with Crippen LogP contribution in [-0.4, -0.2) is 36.5 Å². The average molecular weight is 240 g/mol. The summed E-state index contributed by atoms with van der Waals surface area (Å²) in [4.78, 5) is 14.1. The molecule has 1 saturated heterocycles. The van der Waals surface area contributed by atoms with Crippen molar-refractivity contribution in [1.29, 1.82) is 0 Å². The second kappa shape index (κ2) is 5.85. The molecule has 0 spiro atoms. The van der Waals surface area contributed by atoms with Crippen molar-refractivity contribution in [3.63, 3.8) is 0 Å². The Hall–Kier alpha value is -0.570. The third kappa shape index (κ3) is 4.30. The Morgan fingerprint density at radius 2 is 1.76 bits per heavy atom. The van der Waals surface area contributed by atoms with Gasteiger partial charge in [-0.1, -0.05) is 27.7 Å². The number of hydrogen-bond acceptors (Lipinski definition) is 2. The van der Waals surface area contributed by atoms with E-state index in [1.165, 1.54) is 0 Å². The second-order valence-electron chi connectivity index (χ2n) is 6.43. The Morgan fingerprint density at radius 1 is 1.24 bits per heavy atom. The van der Waals surface area contributed by atoms with E-state index in [1.54, 1.807) is 0 Å². The molecule has 3 nitrogen and oxygen atoms in total. The predicted octanol–water partition coefficient (Wildman–Crippen LogP) is 2.27. The molecule has 0 aliphatic carbocycles. The van der Waals surface area contributed by atoms with Gasteiger partial charge in [-0.2, -0.15) is 0 Å². The zero-order valence-electron chi connectivity index (χ0n) is 12.0. The molecule has 0 aromatic rings. The molecule has 1 aliphatic heterocycles. The van der Waals surface area contributed by atoms with Crippen molar-refractivity contribution in [2.24, 2.45) is 11.3 Å². The Balaban J connectivity index is 2.33. The molecule has 1 aliphatic rings. The van der Waals surface area contributed by atoms with Crippen LogP contribution in [0.3, 0.4) is 0 Å². The molecule has 2 unspecified atom stereocenters. The van der Waals surface area contributed by atoms with Gasteiger partial charge in [0, 0.05) is 13.1 Å². The fraction of sp³-hybridized carbons (Fsp3) is 0.929. The van der Waals surface area contributed by atoms with E-state index >= 15 is 0 Å². The number of nitrogens with one attached hydrogen (secondary N) is 1. The van der Waals surface area contributed by atoms with Crippen LogP contribution in [0.15, 0.2) is 0 Å². The summed E-state index contributed by atoms with van der Waals surface area (Å²) >= 11 is 0. The molecule has 100 valence electrons. The maximum Gasteiger partial charge on any atom is 0.239 e. The fourth-order valence-corrected chi connectivity index (χ4v) is 1.96. The molecule has 1 N–H and O–H groups in total. The van der Waals surface area contributed by atoms with Gasteiger partial charge in [-0.3, -0.25) is 4.79 Å². The lowest BCUT2D eigenvalue weighted by Crippen LogP contribution is -2.45. The first-order valence-corrected chi connectivity index (χ1v) is 6.84. The van der Waals surface area contributed by atoms with Crippen LogP contribution in [0.5, 0.6) is 0 Å². The van der Waals surface area contributed by atoms with Gasteiger partial charge in [0.25, 0.3) is 0 Å². The number of nitrogens with zero attached hydrogens (tertiary/aromatic N) is 1. The minimum atomic E-state index is -0.0436. The SMILES string of the molecule is CC(NCC(C)C(C)(C)C)C(=O)N1CCCC1. The summed E-state index contributed by atoms with van der Waals surface area (Å²) in [6.45, 7) is 13.7. The van der Waals surface area contributed by atoms with E-state index < -0.39 is 0 Å². The van der Waals surface area contributed by atoms with Crippen molar-refractivity contribution in [2.75, 3.05) is 19.6 Å². The topological polar surface area (TPSA) is 32.3 Å². The smallest absolute Gasteiger partial charge is 0.239 e. The number of carbonyl (C=O) groups is 1. The summed E-state index contributed by atoms with van der Waals surface area (Å²) in [6.07, 6.45) is 2.33. The summed E-state index contributed by atoms with van der Waals surface area (Å²) in [5.74, 6) is 0.833. The molecule has 0 radical (unpaired) electrons. The highest BCUT2D eigenvalue weighted by molar-refractivity contribution is 5.81. The molecule has 1 amide bonds. The number of likely N-dealkylation sites (tertiary alicyclic amines) is 1. The molecule has 0 saturated carbocycles. The van der Waals surface area contributed by atoms with Gasteiger partial charge in [-0.15, -0.1) is 0 Å². The maximum absolute atomic E-state index is 12.1. The molecule has 1 heterocycles. The fourth-order valence-electron chi connectivity index (χ4n) is 1.96. The number of carbonyl (C=O) groups excluding carboxylic acids is 1. The average Bonchev–Trinajstić information content (AvgIpc) is 2.76. The zero-order chi connectivity index (χ0) is 13.1. The van der Waals surface area contributed by atoms with Gasteiger partial charge in [-0.25, -0.2) is 0 Å². The van der Waals surface area contributed by atoms with E-state index in [4.69, 9.17) is 0 Å². The standard InChI is InChI=1S/C14H28N2O/c1-11(14(3,4)5)10-15-12(2)13(17)16-8-6-7-9-16/h11-12,15H,6-10H2,1-5H3. The highest BCUT2D eigenvalue weighted by atomic mass is 16.2. The van der Waals surface area contributed by atoms with Crippen LogP contribution in [0, 0.1) is 11.3 Å². The van der Waals surface area contributed by atoms with E-state index in [0.717, 1.165) is 32.5 Å². The number of rotatable bonds is 4. The predicted molar refractivity (Wildman–Crippen MR) is 71.9 cm³/mol. The van der Waals surface area contributed by atoms with Crippen LogP contribution in [0.4, 0.5) is 0 Å². The van der Waals surface area contributed by atoms with E-state index in [1.807, 2.05) is 11.8 Å². The van der Waals surface area contributed by atoms with Gasteiger partial charge in [0.1, 0.15) is 0 Å². The Kier molecular flexibility index (Phi) is 4.99. The molecule has 3 heteroatoms. The molecule has 0 bridgehead atoms. The van der Waals surface area contributed by atoms with Crippen LogP contribution in [0.25, 0.3) is 0 Å². The lowest BCUT2D eigenvalue weighted by Gasteiger charge is -2.29. The van der Waals surface area contributed by atoms with Crippen LogP contribution < -0.4 is 5.32 Å². The Labute approximate surface area is 106 Å². The molecule has 1 rings (SSSR count). The zero-order valence-corrected chi connectivity index (χ0v) is 12.0. The lowest BCUT2D eigenvalue weighted by atomic mass is 9.82. The largest absolute Gasteiger partial charge is 0.341 e. The highest BCUT2D eigenvalue weighted by Crippen LogP contribution is 2.24. The third-order valence-corrected chi connectivity index (χ3v) is 4.00. The Morgan fingerprint density at radius 3 is 2.24 bits per heavy atom. The van der Waals surface area contributed by atoms with E-state index in [0.29, 0.717) is 11.3 Å². The Bertz CT molecular complexity index is 251. The van der Waals surface area contributed by atoms with Crippen LogP contribution in [0.2, 0.25) is 0 Å². The van der Waals surface area contributed by atoms with Crippen molar-refractivity contribution in [3.05, 3.63) is 0 Å². The third-order valence-electron chi connectivity index (χ3n) is 4.00. The molecule has 2 atom stereocenters. The van der Waals surface area contributed by atoms with Gasteiger partial charge in [0.2, 0.25) is 5.91 Å². The van der Waals surface area contributed by atoms with Crippen molar-refractivity contribution >= 4 is 5.91 Å². The monoisotopic (exact) mass is 240 g/mol. The molecular formula is C14H28N2O. The van der Waals surface area contributed by atoms with Gasteiger partial charge in [0.15, 0.2) is 0 Å². The maximum atomic E-state index is 12.1. The van der Waals surface area contributed by atoms with Gasteiger partial charge < -0.3 is 10.2 Å². The molecule has 17 heavy (non-hydrogen) atoms. The lowest BCUT2D eigenvalue weighted by molar-refractivity contribution is -0.132. The summed E-state index contributed by atoms with van der Waals surface area (Å²) in [7, 11) is 0. The van der Waals surface area contributed by atoms with Crippen molar-refractivity contribution in [2.45, 2.75) is 53.5 Å². The van der Waals surface area contributed by atoms with E-state index in [-0.39, 0.29) is 11.9 Å². The van der Waals surface area contributed by atoms with E-state index in [2.05, 4.69) is 33.0 Å². The van der Waals surface area contributed by atoms with E-state index in [9.17, 15) is 4.79 Å².